The molecule has 0 fully saturated rings. The molecule has 0 spiro atoms. The first-order valence-corrected chi connectivity index (χ1v) is 7.37. The number of nitrogens with one attached hydrogen (secondary N) is 2. The van der Waals surface area contributed by atoms with Gasteiger partial charge < -0.3 is 10.6 Å². The molecule has 8 heteroatoms. The van der Waals surface area contributed by atoms with Crippen LogP contribution in [0.25, 0.3) is 0 Å². The topological polar surface area (TPSA) is 93.1 Å². The third-order valence-electron chi connectivity index (χ3n) is 3.07. The first kappa shape index (κ1) is 17.3. The summed E-state index contributed by atoms with van der Waals surface area (Å²) in [5.41, 5.74) is -0.0657. The van der Waals surface area contributed by atoms with Crippen LogP contribution in [0.5, 0.6) is 0 Å². The van der Waals surface area contributed by atoms with E-state index in [4.69, 9.17) is 0 Å². The molecular weight excluding hydrogens is 315 g/mol. The van der Waals surface area contributed by atoms with Gasteiger partial charge in [-0.3, -0.25) is 14.4 Å². The summed E-state index contributed by atoms with van der Waals surface area (Å²) in [5, 5.41) is 8.85. The van der Waals surface area contributed by atoms with Crippen LogP contribution >= 0.6 is 0 Å². The average molecular weight is 332 g/mol. The molecule has 2 amide bonds. The number of hydrogen-bond donors (Lipinski definition) is 2. The van der Waals surface area contributed by atoms with Crippen LogP contribution in [0.2, 0.25) is 0 Å². The van der Waals surface area contributed by atoms with Crippen molar-refractivity contribution in [2.75, 3.05) is 10.6 Å². The highest BCUT2D eigenvalue weighted by atomic mass is 19.1. The molecule has 2 aromatic rings. The first-order chi connectivity index (χ1) is 11.4. The molecular formula is C16H17FN4O3. The maximum atomic E-state index is 13.8. The van der Waals surface area contributed by atoms with E-state index in [-0.39, 0.29) is 22.8 Å². The molecule has 0 bridgehead atoms. The molecule has 1 aromatic heterocycles. The molecule has 24 heavy (non-hydrogen) atoms. The van der Waals surface area contributed by atoms with Gasteiger partial charge in [-0.25, -0.2) is 9.07 Å². The molecule has 0 atom stereocenters. The molecule has 0 aliphatic carbocycles. The van der Waals surface area contributed by atoms with Gasteiger partial charge in [-0.15, -0.1) is 0 Å². The zero-order valence-corrected chi connectivity index (χ0v) is 13.3. The Kier molecular flexibility index (Phi) is 5.41. The second-order valence-corrected chi connectivity index (χ2v) is 5.11. The predicted molar refractivity (Wildman–Crippen MR) is 87.4 cm³/mol. The summed E-state index contributed by atoms with van der Waals surface area (Å²) in [7, 11) is 0. The summed E-state index contributed by atoms with van der Waals surface area (Å²) in [4.78, 5) is 34.9. The molecule has 0 saturated heterocycles. The fourth-order valence-corrected chi connectivity index (χ4v) is 2.03. The van der Waals surface area contributed by atoms with E-state index in [0.29, 0.717) is 18.7 Å². The lowest BCUT2D eigenvalue weighted by molar-refractivity contribution is -0.114. The Morgan fingerprint density at radius 3 is 2.62 bits per heavy atom. The van der Waals surface area contributed by atoms with Gasteiger partial charge in [0.2, 0.25) is 5.91 Å². The van der Waals surface area contributed by atoms with Gasteiger partial charge in [0.15, 0.2) is 0 Å². The number of aromatic nitrogens is 2. The summed E-state index contributed by atoms with van der Waals surface area (Å²) in [6.07, 6.45) is 0.686. The lowest BCUT2D eigenvalue weighted by atomic mass is 10.2. The van der Waals surface area contributed by atoms with E-state index in [1.807, 2.05) is 6.92 Å². The fourth-order valence-electron chi connectivity index (χ4n) is 2.03. The summed E-state index contributed by atoms with van der Waals surface area (Å²) in [5.74, 6) is -1.62. The van der Waals surface area contributed by atoms with Crippen LogP contribution in [0.4, 0.5) is 15.8 Å². The van der Waals surface area contributed by atoms with Crippen molar-refractivity contribution in [1.29, 1.82) is 0 Å². The maximum Gasteiger partial charge on any atom is 0.276 e. The van der Waals surface area contributed by atoms with E-state index >= 15 is 0 Å². The summed E-state index contributed by atoms with van der Waals surface area (Å²) < 4.78 is 15.0. The summed E-state index contributed by atoms with van der Waals surface area (Å²) in [6, 6.07) is 6.33. The summed E-state index contributed by atoms with van der Waals surface area (Å²) in [6.45, 7) is 3.58. The van der Waals surface area contributed by atoms with Gasteiger partial charge in [-0.05, 0) is 30.7 Å². The SMILES string of the molecule is CCCn1nc(C(=O)Nc2cc(NC(C)=O)ccc2F)ccc1=O. The Morgan fingerprint density at radius 2 is 1.96 bits per heavy atom. The first-order valence-electron chi connectivity index (χ1n) is 7.37. The molecule has 126 valence electrons. The van der Waals surface area contributed by atoms with Gasteiger partial charge in [0.05, 0.1) is 5.69 Å². The monoisotopic (exact) mass is 332 g/mol. The zero-order chi connectivity index (χ0) is 17.7. The molecule has 2 N–H and O–H groups in total. The van der Waals surface area contributed by atoms with Crippen molar-refractivity contribution >= 4 is 23.2 Å². The second kappa shape index (κ2) is 7.49. The fraction of sp³-hybridized carbons (Fsp3) is 0.250. The number of anilines is 2. The standard InChI is InChI=1S/C16H17FN4O3/c1-3-8-21-15(23)7-6-13(20-21)16(24)19-14-9-11(18-10(2)22)4-5-12(14)17/h4-7,9H,3,8H2,1-2H3,(H,18,22)(H,19,24). The van der Waals surface area contributed by atoms with Crippen LogP contribution in [-0.2, 0) is 11.3 Å². The molecule has 2 rings (SSSR count). The van der Waals surface area contributed by atoms with Crippen molar-refractivity contribution in [2.45, 2.75) is 26.8 Å². The molecule has 0 radical (unpaired) electrons. The van der Waals surface area contributed by atoms with Crippen molar-refractivity contribution in [3.05, 3.63) is 52.2 Å². The zero-order valence-electron chi connectivity index (χ0n) is 13.3. The van der Waals surface area contributed by atoms with E-state index < -0.39 is 11.7 Å². The van der Waals surface area contributed by atoms with E-state index in [2.05, 4.69) is 15.7 Å². The predicted octanol–water partition coefficient (Wildman–Crippen LogP) is 2.00. The van der Waals surface area contributed by atoms with E-state index in [9.17, 15) is 18.8 Å². The lowest BCUT2D eigenvalue weighted by Crippen LogP contribution is -2.26. The Labute approximate surface area is 137 Å². The number of amides is 2. The molecule has 0 aliphatic rings. The quantitative estimate of drug-likeness (QED) is 0.876. The van der Waals surface area contributed by atoms with E-state index in [1.165, 1.54) is 35.9 Å². The lowest BCUT2D eigenvalue weighted by Gasteiger charge is -2.10. The number of nitrogens with zero attached hydrogens (tertiary/aromatic N) is 2. The minimum absolute atomic E-state index is 0.00706. The van der Waals surface area contributed by atoms with Crippen LogP contribution in [0.15, 0.2) is 35.1 Å². The molecule has 0 unspecified atom stereocenters. The maximum absolute atomic E-state index is 13.8. The smallest absolute Gasteiger partial charge is 0.276 e. The van der Waals surface area contributed by atoms with Crippen LogP contribution < -0.4 is 16.2 Å². The number of carbonyl (C=O) groups is 2. The number of halogens is 1. The minimum Gasteiger partial charge on any atom is -0.326 e. The number of aryl methyl sites for hydroxylation is 1. The normalized spacial score (nSPS) is 10.3. The highest BCUT2D eigenvalue weighted by Crippen LogP contribution is 2.20. The van der Waals surface area contributed by atoms with Gasteiger partial charge in [0, 0.05) is 25.2 Å². The Morgan fingerprint density at radius 1 is 1.21 bits per heavy atom. The minimum atomic E-state index is -0.654. The number of rotatable bonds is 5. The number of benzene rings is 1. The second-order valence-electron chi connectivity index (χ2n) is 5.11. The highest BCUT2D eigenvalue weighted by Gasteiger charge is 2.13. The Hall–Kier alpha value is -3.03. The molecule has 1 aromatic carbocycles. The molecule has 1 heterocycles. The van der Waals surface area contributed by atoms with Gasteiger partial charge in [-0.2, -0.15) is 5.10 Å². The third-order valence-corrected chi connectivity index (χ3v) is 3.07. The van der Waals surface area contributed by atoms with Crippen molar-refractivity contribution in [1.82, 2.24) is 9.78 Å². The van der Waals surface area contributed by atoms with Crippen LogP contribution in [0, 0.1) is 5.82 Å². The highest BCUT2D eigenvalue weighted by molar-refractivity contribution is 6.03. The molecule has 7 nitrogen and oxygen atoms in total. The third kappa shape index (κ3) is 4.25. The Balaban J connectivity index is 2.24. The van der Waals surface area contributed by atoms with Crippen molar-refractivity contribution in [3.8, 4) is 0 Å². The summed E-state index contributed by atoms with van der Waals surface area (Å²) >= 11 is 0. The molecule has 0 saturated carbocycles. The van der Waals surface area contributed by atoms with Gasteiger partial charge in [-0.1, -0.05) is 6.92 Å². The number of carbonyl (C=O) groups excluding carboxylic acids is 2. The van der Waals surface area contributed by atoms with Gasteiger partial charge in [0.25, 0.3) is 11.5 Å². The van der Waals surface area contributed by atoms with Gasteiger partial charge in [0.1, 0.15) is 11.5 Å². The van der Waals surface area contributed by atoms with Crippen molar-refractivity contribution < 1.29 is 14.0 Å². The van der Waals surface area contributed by atoms with E-state index in [0.717, 1.165) is 6.07 Å². The average Bonchev–Trinajstić information content (AvgIpc) is 2.52. The largest absolute Gasteiger partial charge is 0.326 e. The molecule has 0 aliphatic heterocycles. The van der Waals surface area contributed by atoms with Crippen molar-refractivity contribution in [2.24, 2.45) is 0 Å². The Bertz CT molecular complexity index is 832. The van der Waals surface area contributed by atoms with Gasteiger partial charge >= 0.3 is 0 Å². The van der Waals surface area contributed by atoms with E-state index in [1.54, 1.807) is 0 Å². The number of hydrogen-bond acceptors (Lipinski definition) is 4. The van der Waals surface area contributed by atoms with Crippen LogP contribution in [-0.4, -0.2) is 21.6 Å². The van der Waals surface area contributed by atoms with Crippen LogP contribution in [0.3, 0.4) is 0 Å². The van der Waals surface area contributed by atoms with Crippen molar-refractivity contribution in [3.63, 3.8) is 0 Å². The van der Waals surface area contributed by atoms with Crippen LogP contribution in [0.1, 0.15) is 30.8 Å².